The maximum atomic E-state index is 13.2. The second-order valence-electron chi connectivity index (χ2n) is 8.20. The van der Waals surface area contributed by atoms with Crippen molar-refractivity contribution in [2.45, 2.75) is 38.5 Å². The second kappa shape index (κ2) is 9.86. The van der Waals surface area contributed by atoms with Gasteiger partial charge >= 0.3 is 6.18 Å². The Kier molecular flexibility index (Phi) is 6.92. The Hall–Kier alpha value is -3.01. The summed E-state index contributed by atoms with van der Waals surface area (Å²) in [6.45, 7) is 5.13. The van der Waals surface area contributed by atoms with Crippen LogP contribution in [-0.4, -0.2) is 51.3 Å². The minimum atomic E-state index is -4.36. The SMILES string of the molecule is CCC[C@H](c1nnnn1Cc1ccc(F)cc1)N1CCN(c2cccc(C(F)(F)F)c2)CC1. The standard InChI is InChI=1S/C23H26F4N6/c1-2-4-21(22-28-29-30-33(22)16-17-7-9-19(24)10-8-17)32-13-11-31(12-14-32)20-6-3-5-18(15-20)23(25,26)27/h3,5-10,15,21H,2,4,11-14,16H2,1H3/t21-/m1/s1. The smallest absolute Gasteiger partial charge is 0.369 e. The van der Waals surface area contributed by atoms with E-state index in [0.29, 0.717) is 38.4 Å². The normalized spacial score (nSPS) is 16.2. The van der Waals surface area contributed by atoms with Crippen molar-refractivity contribution in [1.29, 1.82) is 0 Å². The molecule has 0 aliphatic carbocycles. The van der Waals surface area contributed by atoms with E-state index < -0.39 is 11.7 Å². The molecular weight excluding hydrogens is 436 g/mol. The number of piperazine rings is 1. The van der Waals surface area contributed by atoms with Crippen molar-refractivity contribution in [2.24, 2.45) is 0 Å². The van der Waals surface area contributed by atoms with Gasteiger partial charge in [0.25, 0.3) is 0 Å². The van der Waals surface area contributed by atoms with Gasteiger partial charge in [-0.1, -0.05) is 31.5 Å². The maximum absolute atomic E-state index is 13.2. The summed E-state index contributed by atoms with van der Waals surface area (Å²) in [6, 6.07) is 11.7. The van der Waals surface area contributed by atoms with Gasteiger partial charge in [-0.15, -0.1) is 5.10 Å². The van der Waals surface area contributed by atoms with Crippen LogP contribution in [0.25, 0.3) is 0 Å². The molecule has 0 unspecified atom stereocenters. The molecule has 10 heteroatoms. The monoisotopic (exact) mass is 462 g/mol. The van der Waals surface area contributed by atoms with Crippen LogP contribution in [-0.2, 0) is 12.7 Å². The van der Waals surface area contributed by atoms with E-state index in [1.54, 1.807) is 22.9 Å². The first kappa shape index (κ1) is 23.2. The molecule has 3 aromatic rings. The van der Waals surface area contributed by atoms with E-state index in [1.807, 2.05) is 4.90 Å². The average molecular weight is 462 g/mol. The quantitative estimate of drug-likeness (QED) is 0.483. The van der Waals surface area contributed by atoms with Crippen molar-refractivity contribution in [1.82, 2.24) is 25.1 Å². The molecule has 0 amide bonds. The third-order valence-corrected chi connectivity index (χ3v) is 5.96. The first-order chi connectivity index (χ1) is 15.8. The lowest BCUT2D eigenvalue weighted by Gasteiger charge is -2.39. The van der Waals surface area contributed by atoms with Gasteiger partial charge in [-0.3, -0.25) is 4.90 Å². The van der Waals surface area contributed by atoms with Gasteiger partial charge < -0.3 is 4.90 Å². The number of nitrogens with zero attached hydrogens (tertiary/aromatic N) is 6. The zero-order valence-electron chi connectivity index (χ0n) is 18.3. The molecule has 1 aromatic heterocycles. The van der Waals surface area contributed by atoms with Crippen molar-refractivity contribution in [3.8, 4) is 0 Å². The van der Waals surface area contributed by atoms with Gasteiger partial charge in [-0.25, -0.2) is 9.07 Å². The van der Waals surface area contributed by atoms with E-state index in [0.717, 1.165) is 30.3 Å². The van der Waals surface area contributed by atoms with Crippen molar-refractivity contribution >= 4 is 5.69 Å². The van der Waals surface area contributed by atoms with Gasteiger partial charge in [0.2, 0.25) is 0 Å². The molecule has 0 spiro atoms. The highest BCUT2D eigenvalue weighted by Gasteiger charge is 2.32. The molecule has 1 fully saturated rings. The molecule has 2 heterocycles. The summed E-state index contributed by atoms with van der Waals surface area (Å²) in [7, 11) is 0. The van der Waals surface area contributed by atoms with Crippen molar-refractivity contribution in [2.75, 3.05) is 31.1 Å². The van der Waals surface area contributed by atoms with E-state index in [9.17, 15) is 17.6 Å². The number of alkyl halides is 3. The summed E-state index contributed by atoms with van der Waals surface area (Å²) in [6.07, 6.45) is -2.57. The fraction of sp³-hybridized carbons (Fsp3) is 0.435. The van der Waals surface area contributed by atoms with E-state index in [2.05, 4.69) is 27.3 Å². The lowest BCUT2D eigenvalue weighted by Crippen LogP contribution is -2.48. The molecule has 1 atom stereocenters. The van der Waals surface area contributed by atoms with E-state index >= 15 is 0 Å². The molecule has 0 saturated carbocycles. The average Bonchev–Trinajstić information content (AvgIpc) is 3.26. The molecule has 6 nitrogen and oxygen atoms in total. The third-order valence-electron chi connectivity index (χ3n) is 5.96. The molecule has 1 aliphatic heterocycles. The Morgan fingerprint density at radius 1 is 1.00 bits per heavy atom. The Labute approximate surface area is 189 Å². The molecule has 4 rings (SSSR count). The Morgan fingerprint density at radius 2 is 1.73 bits per heavy atom. The third kappa shape index (κ3) is 5.50. The zero-order valence-corrected chi connectivity index (χ0v) is 18.3. The van der Waals surface area contributed by atoms with Crippen molar-refractivity contribution in [3.63, 3.8) is 0 Å². The Bertz CT molecular complexity index is 1040. The predicted octanol–water partition coefficient (Wildman–Crippen LogP) is 4.54. The van der Waals surface area contributed by atoms with Gasteiger partial charge in [-0.05, 0) is 52.7 Å². The van der Waals surface area contributed by atoms with Crippen LogP contribution in [0.1, 0.15) is 42.8 Å². The number of rotatable bonds is 7. The van der Waals surface area contributed by atoms with Crippen LogP contribution in [0.2, 0.25) is 0 Å². The zero-order chi connectivity index (χ0) is 23.4. The van der Waals surface area contributed by atoms with Crippen molar-refractivity contribution in [3.05, 3.63) is 71.3 Å². The summed E-state index contributed by atoms with van der Waals surface area (Å²) < 4.78 is 54.3. The highest BCUT2D eigenvalue weighted by Crippen LogP contribution is 2.32. The van der Waals surface area contributed by atoms with Crippen LogP contribution >= 0.6 is 0 Å². The molecule has 0 bridgehead atoms. The number of halogens is 4. The fourth-order valence-electron chi connectivity index (χ4n) is 4.24. The lowest BCUT2D eigenvalue weighted by atomic mass is 10.1. The summed E-state index contributed by atoms with van der Waals surface area (Å²) in [5.74, 6) is 0.451. The van der Waals surface area contributed by atoms with Crippen molar-refractivity contribution < 1.29 is 17.6 Å². The molecule has 176 valence electrons. The van der Waals surface area contributed by atoms with Crippen LogP contribution in [0.5, 0.6) is 0 Å². The Morgan fingerprint density at radius 3 is 2.39 bits per heavy atom. The highest BCUT2D eigenvalue weighted by molar-refractivity contribution is 5.49. The van der Waals surface area contributed by atoms with Gasteiger partial charge in [0.1, 0.15) is 5.82 Å². The second-order valence-corrected chi connectivity index (χ2v) is 8.20. The first-order valence-electron chi connectivity index (χ1n) is 11.0. The van der Waals surface area contributed by atoms with Crippen LogP contribution in [0.4, 0.5) is 23.2 Å². The number of benzene rings is 2. The number of anilines is 1. The summed E-state index contributed by atoms with van der Waals surface area (Å²) >= 11 is 0. The van der Waals surface area contributed by atoms with Crippen LogP contribution < -0.4 is 4.90 Å². The molecule has 0 radical (unpaired) electrons. The van der Waals surface area contributed by atoms with Crippen LogP contribution in [0, 0.1) is 5.82 Å². The van der Waals surface area contributed by atoms with Gasteiger partial charge in [0.15, 0.2) is 5.82 Å². The minimum Gasteiger partial charge on any atom is -0.369 e. The number of tetrazole rings is 1. The van der Waals surface area contributed by atoms with E-state index in [-0.39, 0.29) is 11.9 Å². The molecule has 1 aliphatic rings. The van der Waals surface area contributed by atoms with E-state index in [1.165, 1.54) is 24.3 Å². The van der Waals surface area contributed by atoms with Gasteiger partial charge in [-0.2, -0.15) is 13.2 Å². The number of hydrogen-bond donors (Lipinski definition) is 0. The summed E-state index contributed by atoms with van der Waals surface area (Å²) in [4.78, 5) is 4.27. The largest absolute Gasteiger partial charge is 0.416 e. The molecule has 2 aromatic carbocycles. The van der Waals surface area contributed by atoms with E-state index in [4.69, 9.17) is 0 Å². The fourth-order valence-corrected chi connectivity index (χ4v) is 4.24. The minimum absolute atomic E-state index is 0.00546. The van der Waals surface area contributed by atoms with Gasteiger partial charge in [0.05, 0.1) is 18.2 Å². The highest BCUT2D eigenvalue weighted by atomic mass is 19.4. The van der Waals surface area contributed by atoms with Crippen LogP contribution in [0.3, 0.4) is 0 Å². The first-order valence-corrected chi connectivity index (χ1v) is 11.0. The van der Waals surface area contributed by atoms with Crippen LogP contribution in [0.15, 0.2) is 48.5 Å². The summed E-state index contributed by atoms with van der Waals surface area (Å²) in [5.41, 5.74) is 0.846. The Balaban J connectivity index is 1.46. The topological polar surface area (TPSA) is 50.1 Å². The lowest BCUT2D eigenvalue weighted by molar-refractivity contribution is -0.137. The molecular formula is C23H26F4N6. The predicted molar refractivity (Wildman–Crippen MR) is 116 cm³/mol. The number of aromatic nitrogens is 4. The molecule has 1 saturated heterocycles. The number of hydrogen-bond acceptors (Lipinski definition) is 5. The maximum Gasteiger partial charge on any atom is 0.416 e. The molecule has 33 heavy (non-hydrogen) atoms. The van der Waals surface area contributed by atoms with Gasteiger partial charge in [0, 0.05) is 31.9 Å². The summed E-state index contributed by atoms with van der Waals surface area (Å²) in [5, 5.41) is 12.3. The molecule has 0 N–H and O–H groups in total.